The highest BCUT2D eigenvalue weighted by Gasteiger charge is 2.41. The minimum atomic E-state index is -0.245. The molecule has 20 heavy (non-hydrogen) atoms. The molecule has 2 saturated heterocycles. The average Bonchev–Trinajstić information content (AvgIpc) is 3.16. The lowest BCUT2D eigenvalue weighted by Crippen LogP contribution is -2.22. The van der Waals surface area contributed by atoms with Crippen molar-refractivity contribution in [2.24, 2.45) is 0 Å². The number of fused-ring (bicyclic) bond motifs is 2. The summed E-state index contributed by atoms with van der Waals surface area (Å²) in [6.45, 7) is 0. The second-order valence-electron chi connectivity index (χ2n) is 5.70. The Kier molecular flexibility index (Phi) is 2.93. The molecule has 0 radical (unpaired) electrons. The van der Waals surface area contributed by atoms with Gasteiger partial charge in [-0.2, -0.15) is 0 Å². The van der Waals surface area contributed by atoms with E-state index in [-0.39, 0.29) is 5.82 Å². The molecule has 4 rings (SSSR count). The van der Waals surface area contributed by atoms with Gasteiger partial charge in [-0.05, 0) is 53.4 Å². The molecule has 5 heteroatoms. The zero-order chi connectivity index (χ0) is 13.7. The summed E-state index contributed by atoms with van der Waals surface area (Å²) in [4.78, 5) is 7.95. The Morgan fingerprint density at radius 1 is 1.30 bits per heavy atom. The zero-order valence-electron chi connectivity index (χ0n) is 10.9. The Labute approximate surface area is 125 Å². The van der Waals surface area contributed by atoms with Gasteiger partial charge >= 0.3 is 0 Å². The predicted octanol–water partition coefficient (Wildman–Crippen LogP) is 3.59. The molecule has 3 atom stereocenters. The lowest BCUT2D eigenvalue weighted by atomic mass is 9.89. The van der Waals surface area contributed by atoms with Crippen LogP contribution in [-0.2, 0) is 0 Å². The minimum Gasteiger partial charge on any atom is -0.342 e. The van der Waals surface area contributed by atoms with Gasteiger partial charge in [0.05, 0.1) is 16.4 Å². The van der Waals surface area contributed by atoms with E-state index in [9.17, 15) is 4.39 Å². The minimum absolute atomic E-state index is 0.245. The van der Waals surface area contributed by atoms with Crippen molar-refractivity contribution < 1.29 is 4.39 Å². The highest BCUT2D eigenvalue weighted by Crippen LogP contribution is 2.39. The highest BCUT2D eigenvalue weighted by atomic mass is 79.9. The van der Waals surface area contributed by atoms with Crippen LogP contribution >= 0.6 is 15.9 Å². The number of nitrogens with one attached hydrogen (secondary N) is 2. The molecule has 2 aromatic rings. The van der Waals surface area contributed by atoms with Gasteiger partial charge in [0, 0.05) is 23.6 Å². The number of nitrogens with zero attached hydrogens (tertiary/aromatic N) is 1. The molecule has 1 aromatic heterocycles. The van der Waals surface area contributed by atoms with Crippen molar-refractivity contribution in [3.8, 4) is 11.3 Å². The maximum absolute atomic E-state index is 13.3. The van der Waals surface area contributed by atoms with E-state index in [0.717, 1.165) is 17.1 Å². The second kappa shape index (κ2) is 4.67. The lowest BCUT2D eigenvalue weighted by Gasteiger charge is -2.17. The van der Waals surface area contributed by atoms with Crippen LogP contribution in [0.15, 0.2) is 28.9 Å². The summed E-state index contributed by atoms with van der Waals surface area (Å²) in [7, 11) is 0. The quantitative estimate of drug-likeness (QED) is 0.880. The van der Waals surface area contributed by atoms with Gasteiger partial charge in [0.2, 0.25) is 0 Å². The Hall–Kier alpha value is -1.20. The monoisotopic (exact) mass is 335 g/mol. The molecule has 3 nitrogen and oxygen atoms in total. The summed E-state index contributed by atoms with van der Waals surface area (Å²) < 4.78 is 13.8. The first kappa shape index (κ1) is 12.5. The number of hydrogen-bond acceptors (Lipinski definition) is 2. The van der Waals surface area contributed by atoms with Crippen LogP contribution in [0.4, 0.5) is 4.39 Å². The van der Waals surface area contributed by atoms with E-state index in [4.69, 9.17) is 0 Å². The molecule has 3 unspecified atom stereocenters. The van der Waals surface area contributed by atoms with Crippen LogP contribution in [-0.4, -0.2) is 22.1 Å². The molecule has 0 amide bonds. The van der Waals surface area contributed by atoms with E-state index in [0.29, 0.717) is 22.5 Å². The third-order valence-corrected chi connectivity index (χ3v) is 5.09. The van der Waals surface area contributed by atoms with Crippen molar-refractivity contribution in [2.45, 2.75) is 37.3 Å². The fourth-order valence-electron chi connectivity index (χ4n) is 3.46. The normalized spacial score (nSPS) is 28.2. The summed E-state index contributed by atoms with van der Waals surface area (Å²) in [5, 5.41) is 3.62. The van der Waals surface area contributed by atoms with Gasteiger partial charge in [0.1, 0.15) is 11.6 Å². The van der Waals surface area contributed by atoms with E-state index in [1.54, 1.807) is 12.1 Å². The molecule has 3 heterocycles. The van der Waals surface area contributed by atoms with Gasteiger partial charge in [-0.1, -0.05) is 0 Å². The van der Waals surface area contributed by atoms with E-state index >= 15 is 0 Å². The first-order valence-electron chi connectivity index (χ1n) is 6.97. The van der Waals surface area contributed by atoms with Crippen molar-refractivity contribution in [3.63, 3.8) is 0 Å². The molecular weight excluding hydrogens is 321 g/mol. The van der Waals surface area contributed by atoms with Crippen LogP contribution in [0.2, 0.25) is 0 Å². The maximum Gasteiger partial charge on any atom is 0.137 e. The fourth-order valence-corrected chi connectivity index (χ4v) is 3.84. The lowest BCUT2D eigenvalue weighted by molar-refractivity contribution is 0.490. The van der Waals surface area contributed by atoms with Crippen LogP contribution in [0.25, 0.3) is 11.3 Å². The van der Waals surface area contributed by atoms with Crippen LogP contribution in [0.1, 0.15) is 31.0 Å². The van der Waals surface area contributed by atoms with Gasteiger partial charge in [-0.25, -0.2) is 9.37 Å². The standard InChI is InChI=1S/C15H15BrFN3/c16-11-5-8(1-3-12(11)17)14-7-18-15(20-14)10-6-9-2-4-13(10)19-9/h1,3,5,7,9-10,13,19H,2,4,6H2,(H,18,20). The van der Waals surface area contributed by atoms with Crippen LogP contribution in [0.3, 0.4) is 0 Å². The first-order valence-corrected chi connectivity index (χ1v) is 7.76. The van der Waals surface area contributed by atoms with Crippen molar-refractivity contribution in [1.82, 2.24) is 15.3 Å². The molecule has 2 fully saturated rings. The van der Waals surface area contributed by atoms with E-state index < -0.39 is 0 Å². The highest BCUT2D eigenvalue weighted by molar-refractivity contribution is 9.10. The predicted molar refractivity (Wildman–Crippen MR) is 79.0 cm³/mol. The van der Waals surface area contributed by atoms with Gasteiger partial charge in [0.25, 0.3) is 0 Å². The molecule has 0 spiro atoms. The Morgan fingerprint density at radius 2 is 2.20 bits per heavy atom. The number of aromatic nitrogens is 2. The Bertz CT molecular complexity index is 654. The number of benzene rings is 1. The molecule has 0 saturated carbocycles. The number of H-pyrrole nitrogens is 1. The maximum atomic E-state index is 13.3. The summed E-state index contributed by atoms with van der Waals surface area (Å²) in [6.07, 6.45) is 5.55. The molecule has 1 aromatic carbocycles. The number of aromatic amines is 1. The summed E-state index contributed by atoms with van der Waals surface area (Å²) in [5.74, 6) is 1.30. The summed E-state index contributed by atoms with van der Waals surface area (Å²) in [6, 6.07) is 6.26. The SMILES string of the molecule is Fc1ccc(-c2cnc(C3CC4CCC3N4)[nH]2)cc1Br. The average molecular weight is 336 g/mol. The molecule has 0 aliphatic carbocycles. The van der Waals surface area contributed by atoms with Gasteiger partial charge in [-0.15, -0.1) is 0 Å². The fraction of sp³-hybridized carbons (Fsp3) is 0.400. The summed E-state index contributed by atoms with van der Waals surface area (Å²) >= 11 is 3.22. The van der Waals surface area contributed by atoms with Crippen molar-refractivity contribution >= 4 is 15.9 Å². The van der Waals surface area contributed by atoms with Crippen molar-refractivity contribution in [1.29, 1.82) is 0 Å². The largest absolute Gasteiger partial charge is 0.342 e. The molecule has 2 bridgehead atoms. The van der Waals surface area contributed by atoms with Crippen molar-refractivity contribution in [3.05, 3.63) is 40.5 Å². The van der Waals surface area contributed by atoms with Gasteiger partial charge in [-0.3, -0.25) is 0 Å². The molecule has 2 aliphatic rings. The van der Waals surface area contributed by atoms with Crippen LogP contribution in [0.5, 0.6) is 0 Å². The molecule has 2 N–H and O–H groups in total. The molecular formula is C15H15BrFN3. The van der Waals surface area contributed by atoms with E-state index in [2.05, 4.69) is 31.2 Å². The topological polar surface area (TPSA) is 40.7 Å². The smallest absolute Gasteiger partial charge is 0.137 e. The Morgan fingerprint density at radius 3 is 2.90 bits per heavy atom. The number of rotatable bonds is 2. The van der Waals surface area contributed by atoms with E-state index in [1.807, 2.05) is 6.20 Å². The number of hydrogen-bond donors (Lipinski definition) is 2. The van der Waals surface area contributed by atoms with Crippen LogP contribution < -0.4 is 5.32 Å². The molecule has 104 valence electrons. The number of halogens is 2. The van der Waals surface area contributed by atoms with Crippen LogP contribution in [0, 0.1) is 5.82 Å². The second-order valence-corrected chi connectivity index (χ2v) is 6.55. The number of imidazole rings is 1. The van der Waals surface area contributed by atoms with Crippen molar-refractivity contribution in [2.75, 3.05) is 0 Å². The Balaban J connectivity index is 1.63. The zero-order valence-corrected chi connectivity index (χ0v) is 12.5. The summed E-state index contributed by atoms with van der Waals surface area (Å²) in [5.41, 5.74) is 1.90. The van der Waals surface area contributed by atoms with Gasteiger partial charge in [0.15, 0.2) is 0 Å². The molecule has 2 aliphatic heterocycles. The van der Waals surface area contributed by atoms with Gasteiger partial charge < -0.3 is 10.3 Å². The third-order valence-electron chi connectivity index (χ3n) is 4.48. The van der Waals surface area contributed by atoms with E-state index in [1.165, 1.54) is 25.3 Å². The third kappa shape index (κ3) is 2.00. The first-order chi connectivity index (χ1) is 9.70.